The second-order valence-corrected chi connectivity index (χ2v) is 6.15. The fourth-order valence-electron chi connectivity index (χ4n) is 2.13. The first kappa shape index (κ1) is 18.9. The van der Waals surface area contributed by atoms with Gasteiger partial charge in [-0.25, -0.2) is 0 Å². The number of nitrogens with one attached hydrogen (secondary N) is 1. The Morgan fingerprint density at radius 3 is 2.20 bits per heavy atom. The highest BCUT2D eigenvalue weighted by atomic mass is 16.2. The number of amides is 1. The van der Waals surface area contributed by atoms with E-state index in [4.69, 9.17) is 12.2 Å². The minimum atomic E-state index is -0.514. The molecule has 1 amide bonds. The summed E-state index contributed by atoms with van der Waals surface area (Å²) in [6.07, 6.45) is 7.05. The summed E-state index contributed by atoms with van der Waals surface area (Å²) in [4.78, 5) is 14.3. The molecule has 0 aliphatic rings. The summed E-state index contributed by atoms with van der Waals surface area (Å²) in [5.41, 5.74) is 5.25. The number of rotatable bonds is 9. The lowest BCUT2D eigenvalue weighted by Gasteiger charge is -2.32. The van der Waals surface area contributed by atoms with Gasteiger partial charge < -0.3 is 11.1 Å². The summed E-state index contributed by atoms with van der Waals surface area (Å²) in [6, 6.07) is 0. The number of carbonyl (C=O) groups is 1. The van der Waals surface area contributed by atoms with E-state index in [1.165, 1.54) is 0 Å². The van der Waals surface area contributed by atoms with Crippen LogP contribution in [0.5, 0.6) is 0 Å². The van der Waals surface area contributed by atoms with Gasteiger partial charge in [0.25, 0.3) is 0 Å². The van der Waals surface area contributed by atoms with Crippen LogP contribution in [0.2, 0.25) is 0 Å². The van der Waals surface area contributed by atoms with Gasteiger partial charge in [0.2, 0.25) is 5.91 Å². The molecule has 0 aromatic carbocycles. The Bertz CT molecular complexity index is 340. The Labute approximate surface area is 124 Å². The normalized spacial score (nSPS) is 12.3. The molecule has 0 spiro atoms. The van der Waals surface area contributed by atoms with Crippen molar-refractivity contribution in [1.82, 2.24) is 10.2 Å². The summed E-state index contributed by atoms with van der Waals surface area (Å²) < 4.78 is 0. The van der Waals surface area contributed by atoms with E-state index in [-0.39, 0.29) is 11.3 Å². The molecule has 116 valence electrons. The second-order valence-electron chi connectivity index (χ2n) is 6.15. The first-order chi connectivity index (χ1) is 9.28. The van der Waals surface area contributed by atoms with Crippen molar-refractivity contribution in [2.24, 2.45) is 11.1 Å². The highest BCUT2D eigenvalue weighted by Gasteiger charge is 2.27. The molecule has 0 saturated carbocycles. The summed E-state index contributed by atoms with van der Waals surface area (Å²) in [7, 11) is 0. The molecule has 0 aliphatic carbocycles. The van der Waals surface area contributed by atoms with Crippen molar-refractivity contribution in [2.75, 3.05) is 26.2 Å². The topological polar surface area (TPSA) is 58.4 Å². The molecular formula is C16H31N3O. The third kappa shape index (κ3) is 5.94. The zero-order chi connectivity index (χ0) is 15.8. The predicted octanol–water partition coefficient (Wildman–Crippen LogP) is 1.60. The summed E-state index contributed by atoms with van der Waals surface area (Å²) in [6.45, 7) is 12.8. The van der Waals surface area contributed by atoms with Crippen LogP contribution in [0.25, 0.3) is 0 Å². The molecule has 20 heavy (non-hydrogen) atoms. The zero-order valence-electron chi connectivity index (χ0n) is 13.8. The standard InChI is InChI=1S/C16H31N3O/c1-7-16(8-2,9-3)18-14(20)11-19(10-4)13-15(5,6)12-17/h1H,8-13,17H2,2-6H3,(H,18,20). The molecule has 0 aromatic heterocycles. The Hall–Kier alpha value is -1.05. The molecule has 0 rings (SSSR count). The maximum atomic E-state index is 12.2. The molecule has 0 radical (unpaired) electrons. The largest absolute Gasteiger partial charge is 0.339 e. The number of hydrogen-bond donors (Lipinski definition) is 2. The van der Waals surface area contributed by atoms with Crippen molar-refractivity contribution in [3.05, 3.63) is 0 Å². The lowest BCUT2D eigenvalue weighted by Crippen LogP contribution is -2.51. The van der Waals surface area contributed by atoms with Crippen molar-refractivity contribution in [2.45, 2.75) is 53.0 Å². The first-order valence-corrected chi connectivity index (χ1v) is 7.49. The van der Waals surface area contributed by atoms with Crippen LogP contribution in [0.4, 0.5) is 0 Å². The smallest absolute Gasteiger partial charge is 0.235 e. The van der Waals surface area contributed by atoms with Gasteiger partial charge in [-0.15, -0.1) is 6.42 Å². The number of hydrogen-bond acceptors (Lipinski definition) is 3. The summed E-state index contributed by atoms with van der Waals surface area (Å²) >= 11 is 0. The van der Waals surface area contributed by atoms with Crippen molar-refractivity contribution in [3.8, 4) is 12.3 Å². The number of nitrogens with two attached hydrogens (primary N) is 1. The van der Waals surface area contributed by atoms with E-state index in [9.17, 15) is 4.79 Å². The van der Waals surface area contributed by atoms with Gasteiger partial charge in [0.05, 0.1) is 6.54 Å². The van der Waals surface area contributed by atoms with Crippen LogP contribution in [-0.2, 0) is 4.79 Å². The molecule has 3 N–H and O–H groups in total. The van der Waals surface area contributed by atoms with E-state index in [1.54, 1.807) is 0 Å². The maximum absolute atomic E-state index is 12.2. The molecular weight excluding hydrogens is 250 g/mol. The summed E-state index contributed by atoms with van der Waals surface area (Å²) in [5, 5.41) is 3.00. The molecule has 0 heterocycles. The van der Waals surface area contributed by atoms with Gasteiger partial charge in [0.15, 0.2) is 0 Å². The van der Waals surface area contributed by atoms with Gasteiger partial charge in [-0.05, 0) is 31.3 Å². The van der Waals surface area contributed by atoms with Crippen LogP contribution in [0.3, 0.4) is 0 Å². The lowest BCUT2D eigenvalue weighted by atomic mass is 9.92. The quantitative estimate of drug-likeness (QED) is 0.631. The average Bonchev–Trinajstić information content (AvgIpc) is 2.44. The van der Waals surface area contributed by atoms with Crippen LogP contribution in [0.15, 0.2) is 0 Å². The van der Waals surface area contributed by atoms with Crippen molar-refractivity contribution in [1.29, 1.82) is 0 Å². The summed E-state index contributed by atoms with van der Waals surface area (Å²) in [5.74, 6) is 2.71. The molecule has 4 nitrogen and oxygen atoms in total. The van der Waals surface area contributed by atoms with Crippen LogP contribution in [-0.4, -0.2) is 42.5 Å². The molecule has 0 saturated heterocycles. The highest BCUT2D eigenvalue weighted by molar-refractivity contribution is 5.79. The fourth-order valence-corrected chi connectivity index (χ4v) is 2.13. The molecule has 0 atom stereocenters. The number of terminal acetylenes is 1. The molecule has 0 aliphatic heterocycles. The van der Waals surface area contributed by atoms with Crippen LogP contribution >= 0.6 is 0 Å². The number of carbonyl (C=O) groups excluding carboxylic acids is 1. The Morgan fingerprint density at radius 1 is 1.30 bits per heavy atom. The number of nitrogens with zero attached hydrogens (tertiary/aromatic N) is 1. The van der Waals surface area contributed by atoms with Crippen LogP contribution in [0, 0.1) is 17.8 Å². The van der Waals surface area contributed by atoms with E-state index in [0.29, 0.717) is 13.1 Å². The van der Waals surface area contributed by atoms with Crippen molar-refractivity contribution >= 4 is 5.91 Å². The molecule has 0 fully saturated rings. The Balaban J connectivity index is 4.61. The molecule has 0 bridgehead atoms. The van der Waals surface area contributed by atoms with E-state index >= 15 is 0 Å². The predicted molar refractivity (Wildman–Crippen MR) is 85.2 cm³/mol. The highest BCUT2D eigenvalue weighted by Crippen LogP contribution is 2.16. The molecule has 4 heteroatoms. The van der Waals surface area contributed by atoms with Crippen LogP contribution < -0.4 is 11.1 Å². The van der Waals surface area contributed by atoms with Gasteiger partial charge in [-0.2, -0.15) is 0 Å². The van der Waals surface area contributed by atoms with E-state index in [2.05, 4.69) is 30.0 Å². The third-order valence-corrected chi connectivity index (χ3v) is 3.88. The lowest BCUT2D eigenvalue weighted by molar-refractivity contribution is -0.123. The Morgan fingerprint density at radius 2 is 1.85 bits per heavy atom. The first-order valence-electron chi connectivity index (χ1n) is 7.49. The van der Waals surface area contributed by atoms with Crippen molar-refractivity contribution < 1.29 is 4.79 Å². The molecule has 0 aromatic rings. The van der Waals surface area contributed by atoms with E-state index in [0.717, 1.165) is 25.9 Å². The van der Waals surface area contributed by atoms with Gasteiger partial charge in [-0.1, -0.05) is 40.5 Å². The monoisotopic (exact) mass is 281 g/mol. The fraction of sp³-hybridized carbons (Fsp3) is 0.812. The van der Waals surface area contributed by atoms with Crippen molar-refractivity contribution in [3.63, 3.8) is 0 Å². The molecule has 0 unspecified atom stereocenters. The minimum absolute atomic E-state index is 0.00894. The van der Waals surface area contributed by atoms with E-state index in [1.807, 2.05) is 20.8 Å². The Kier molecular flexibility index (Phi) is 7.85. The van der Waals surface area contributed by atoms with Crippen LogP contribution in [0.1, 0.15) is 47.5 Å². The zero-order valence-corrected chi connectivity index (χ0v) is 13.8. The van der Waals surface area contributed by atoms with E-state index < -0.39 is 5.54 Å². The second kappa shape index (κ2) is 8.28. The van der Waals surface area contributed by atoms with Gasteiger partial charge in [0.1, 0.15) is 5.54 Å². The number of likely N-dealkylation sites (N-methyl/N-ethyl adjacent to an activating group) is 1. The van der Waals surface area contributed by atoms with Gasteiger partial charge in [-0.3, -0.25) is 9.69 Å². The third-order valence-electron chi connectivity index (χ3n) is 3.88. The SMILES string of the molecule is C#CC(CC)(CC)NC(=O)CN(CC)CC(C)(C)CN. The minimum Gasteiger partial charge on any atom is -0.339 e. The maximum Gasteiger partial charge on any atom is 0.235 e. The van der Waals surface area contributed by atoms with Gasteiger partial charge in [0, 0.05) is 6.54 Å². The van der Waals surface area contributed by atoms with Gasteiger partial charge >= 0.3 is 0 Å². The average molecular weight is 281 g/mol.